The largest absolute Gasteiger partial charge is 0.256 e. The van der Waals surface area contributed by atoms with E-state index in [1.165, 1.54) is 180 Å². The number of rotatable bonds is 28. The summed E-state index contributed by atoms with van der Waals surface area (Å²) in [7, 11) is 0. The predicted molar refractivity (Wildman–Crippen MR) is 161 cm³/mol. The van der Waals surface area contributed by atoms with Crippen molar-refractivity contribution in [1.82, 2.24) is 4.57 Å². The highest BCUT2D eigenvalue weighted by Crippen LogP contribution is 2.14. The number of nitrogens with zero attached hydrogens (tertiary/aromatic N) is 2. The quantitative estimate of drug-likeness (QED) is 0.0794. The molecule has 0 saturated heterocycles. The SMILES string of the molecule is CCCCCCCCCCCCCCCCCCC[n+]1ccn(CCCC)c1CCCCCCCC. The first-order valence-electron chi connectivity index (χ1n) is 16.9. The molecule has 0 aromatic carbocycles. The Bertz CT molecular complexity index is 562. The van der Waals surface area contributed by atoms with Crippen LogP contribution in [0.25, 0.3) is 0 Å². The van der Waals surface area contributed by atoms with E-state index < -0.39 is 0 Å². The molecule has 0 aliphatic rings. The highest BCUT2D eigenvalue weighted by atomic mass is 15.1. The van der Waals surface area contributed by atoms with Crippen molar-refractivity contribution in [3.05, 3.63) is 18.2 Å². The van der Waals surface area contributed by atoms with E-state index in [1.54, 1.807) is 5.82 Å². The zero-order chi connectivity index (χ0) is 25.9. The van der Waals surface area contributed by atoms with Gasteiger partial charge in [-0.1, -0.05) is 156 Å². The molecule has 0 atom stereocenters. The van der Waals surface area contributed by atoms with E-state index in [0.717, 1.165) is 0 Å². The highest BCUT2D eigenvalue weighted by Gasteiger charge is 2.16. The maximum atomic E-state index is 2.59. The Morgan fingerprint density at radius 2 is 0.861 bits per heavy atom. The molecule has 212 valence electrons. The van der Waals surface area contributed by atoms with Crippen LogP contribution >= 0.6 is 0 Å². The topological polar surface area (TPSA) is 8.81 Å². The van der Waals surface area contributed by atoms with Crippen LogP contribution < -0.4 is 4.57 Å². The third kappa shape index (κ3) is 18.5. The van der Waals surface area contributed by atoms with Crippen LogP contribution in [0, 0.1) is 0 Å². The van der Waals surface area contributed by atoms with Crippen LogP contribution in [0.4, 0.5) is 0 Å². The lowest BCUT2D eigenvalue weighted by molar-refractivity contribution is -0.704. The fourth-order valence-electron chi connectivity index (χ4n) is 5.59. The summed E-state index contributed by atoms with van der Waals surface area (Å²) in [5.74, 6) is 1.59. The van der Waals surface area contributed by atoms with Crippen molar-refractivity contribution in [3.8, 4) is 0 Å². The van der Waals surface area contributed by atoms with E-state index >= 15 is 0 Å². The molecule has 0 unspecified atom stereocenters. The maximum Gasteiger partial charge on any atom is 0.256 e. The third-order valence-corrected chi connectivity index (χ3v) is 8.10. The minimum absolute atomic E-state index is 1.20. The van der Waals surface area contributed by atoms with Crippen molar-refractivity contribution in [3.63, 3.8) is 0 Å². The van der Waals surface area contributed by atoms with E-state index in [2.05, 4.69) is 42.3 Å². The molecule has 0 spiro atoms. The van der Waals surface area contributed by atoms with Gasteiger partial charge in [0.25, 0.3) is 5.82 Å². The van der Waals surface area contributed by atoms with Gasteiger partial charge >= 0.3 is 0 Å². The summed E-state index contributed by atoms with van der Waals surface area (Å²) in [6, 6.07) is 0. The molecule has 36 heavy (non-hydrogen) atoms. The van der Waals surface area contributed by atoms with Gasteiger partial charge in [-0.2, -0.15) is 0 Å². The normalized spacial score (nSPS) is 11.5. The Morgan fingerprint density at radius 3 is 1.31 bits per heavy atom. The van der Waals surface area contributed by atoms with Crippen molar-refractivity contribution >= 4 is 0 Å². The van der Waals surface area contributed by atoms with E-state index in [-0.39, 0.29) is 0 Å². The molecule has 1 heterocycles. The predicted octanol–water partition coefficient (Wildman–Crippen LogP) is 11.1. The monoisotopic (exact) mass is 504 g/mol. The average molecular weight is 504 g/mol. The summed E-state index contributed by atoms with van der Waals surface area (Å²) >= 11 is 0. The summed E-state index contributed by atoms with van der Waals surface area (Å²) in [6.07, 6.45) is 41.6. The van der Waals surface area contributed by atoms with E-state index in [9.17, 15) is 0 Å². The number of hydrogen-bond acceptors (Lipinski definition) is 0. The fourth-order valence-corrected chi connectivity index (χ4v) is 5.59. The molecular weight excluding hydrogens is 436 g/mol. The minimum atomic E-state index is 1.20. The van der Waals surface area contributed by atoms with Crippen LogP contribution in [-0.2, 0) is 19.5 Å². The van der Waals surface area contributed by atoms with E-state index in [1.807, 2.05) is 0 Å². The van der Waals surface area contributed by atoms with Gasteiger partial charge < -0.3 is 0 Å². The summed E-state index contributed by atoms with van der Waals surface area (Å²) < 4.78 is 5.15. The standard InChI is InChI=1S/C34H67N2/c1-4-7-10-12-14-15-16-17-18-19-20-21-22-23-24-26-28-31-36-33-32-35(30-9-6-3)34(36)29-27-25-13-11-8-5-2/h32-33H,4-31H2,1-3H3/q+1. The number of aryl methyl sites for hydroxylation is 2. The van der Waals surface area contributed by atoms with Gasteiger partial charge in [0.15, 0.2) is 0 Å². The molecule has 0 aliphatic carbocycles. The highest BCUT2D eigenvalue weighted by molar-refractivity contribution is 4.84. The number of aromatic nitrogens is 2. The molecular formula is C34H67N2+. The first kappa shape index (κ1) is 33.2. The third-order valence-electron chi connectivity index (χ3n) is 8.10. The summed E-state index contributed by atoms with van der Waals surface area (Å²) in [4.78, 5) is 0. The number of hydrogen-bond donors (Lipinski definition) is 0. The Kier molecular flexibility index (Phi) is 23.9. The first-order chi connectivity index (χ1) is 17.8. The van der Waals surface area contributed by atoms with Gasteiger partial charge in [0.2, 0.25) is 0 Å². The molecule has 1 rings (SSSR count). The second-order valence-corrected chi connectivity index (χ2v) is 11.6. The van der Waals surface area contributed by atoms with Crippen molar-refractivity contribution < 1.29 is 4.57 Å². The number of imidazole rings is 1. The molecule has 2 nitrogen and oxygen atoms in total. The van der Waals surface area contributed by atoms with Crippen LogP contribution in [0.1, 0.15) is 187 Å². The second-order valence-electron chi connectivity index (χ2n) is 11.6. The Labute approximate surface area is 228 Å². The Morgan fingerprint density at radius 1 is 0.472 bits per heavy atom. The zero-order valence-corrected chi connectivity index (χ0v) is 25.3. The van der Waals surface area contributed by atoms with Crippen LogP contribution in [-0.4, -0.2) is 4.57 Å². The molecule has 1 aromatic rings. The van der Waals surface area contributed by atoms with E-state index in [4.69, 9.17) is 0 Å². The van der Waals surface area contributed by atoms with Crippen molar-refractivity contribution in [2.45, 2.75) is 201 Å². The summed E-state index contributed by atoms with van der Waals surface area (Å²) in [5.41, 5.74) is 0. The van der Waals surface area contributed by atoms with Crippen molar-refractivity contribution in [1.29, 1.82) is 0 Å². The maximum absolute atomic E-state index is 2.59. The molecule has 2 heteroatoms. The summed E-state index contributed by atoms with van der Waals surface area (Å²) in [5, 5.41) is 0. The Balaban J connectivity index is 2.05. The van der Waals surface area contributed by atoms with Gasteiger partial charge in [0.05, 0.1) is 13.1 Å². The fraction of sp³-hybridized carbons (Fsp3) is 0.912. The van der Waals surface area contributed by atoms with Crippen molar-refractivity contribution in [2.24, 2.45) is 0 Å². The van der Waals surface area contributed by atoms with E-state index in [0.29, 0.717) is 0 Å². The summed E-state index contributed by atoms with van der Waals surface area (Å²) in [6.45, 7) is 9.35. The van der Waals surface area contributed by atoms with Gasteiger partial charge in [-0.15, -0.1) is 0 Å². The van der Waals surface area contributed by atoms with Gasteiger partial charge in [-0.3, -0.25) is 0 Å². The molecule has 0 fully saturated rings. The molecule has 0 aliphatic heterocycles. The van der Waals surface area contributed by atoms with Gasteiger partial charge in [0.1, 0.15) is 12.4 Å². The van der Waals surface area contributed by atoms with Crippen LogP contribution in [0.5, 0.6) is 0 Å². The lowest BCUT2D eigenvalue weighted by Gasteiger charge is -2.06. The van der Waals surface area contributed by atoms with Crippen LogP contribution in [0.3, 0.4) is 0 Å². The molecule has 0 saturated carbocycles. The zero-order valence-electron chi connectivity index (χ0n) is 25.3. The molecule has 0 amide bonds. The Hall–Kier alpha value is -0.790. The average Bonchev–Trinajstić information content (AvgIpc) is 3.27. The van der Waals surface area contributed by atoms with Crippen LogP contribution in [0.2, 0.25) is 0 Å². The first-order valence-corrected chi connectivity index (χ1v) is 16.9. The molecule has 1 aromatic heterocycles. The minimum Gasteiger partial charge on any atom is -0.234 e. The lowest BCUT2D eigenvalue weighted by Crippen LogP contribution is -2.37. The molecule has 0 N–H and O–H groups in total. The smallest absolute Gasteiger partial charge is 0.234 e. The molecule has 0 bridgehead atoms. The van der Waals surface area contributed by atoms with Crippen LogP contribution in [0.15, 0.2) is 12.4 Å². The van der Waals surface area contributed by atoms with Gasteiger partial charge in [-0.25, -0.2) is 9.13 Å². The second kappa shape index (κ2) is 25.8. The van der Waals surface area contributed by atoms with Gasteiger partial charge in [-0.05, 0) is 25.7 Å². The number of unbranched alkanes of at least 4 members (excludes halogenated alkanes) is 22. The molecule has 0 radical (unpaired) electrons. The van der Waals surface area contributed by atoms with Gasteiger partial charge in [0, 0.05) is 6.42 Å². The van der Waals surface area contributed by atoms with Crippen molar-refractivity contribution in [2.75, 3.05) is 0 Å². The lowest BCUT2D eigenvalue weighted by atomic mass is 10.0.